The van der Waals surface area contributed by atoms with Crippen LogP contribution in [0.4, 0.5) is 0 Å². The Labute approximate surface area is 87.1 Å². The maximum Gasteiger partial charge on any atom is 0.0222 e. The number of nitrogens with one attached hydrogen (secondary N) is 2. The first kappa shape index (κ1) is 11.3. The Morgan fingerprint density at radius 3 is 2.79 bits per heavy atom. The molecule has 0 bridgehead atoms. The molecule has 2 heteroatoms. The van der Waals surface area contributed by atoms with Crippen molar-refractivity contribution in [1.29, 1.82) is 0 Å². The zero-order valence-corrected chi connectivity index (χ0v) is 9.51. The van der Waals surface area contributed by atoms with Crippen LogP contribution in [0.1, 0.15) is 39.2 Å². The predicted molar refractivity (Wildman–Crippen MR) is 61.2 cm³/mol. The number of H-pyrrole nitrogens is 1. The van der Waals surface area contributed by atoms with Crippen molar-refractivity contribution in [3.8, 4) is 0 Å². The lowest BCUT2D eigenvalue weighted by Crippen LogP contribution is -2.27. The highest BCUT2D eigenvalue weighted by Gasteiger charge is 2.06. The molecular weight excluding hydrogens is 172 g/mol. The van der Waals surface area contributed by atoms with Crippen molar-refractivity contribution in [2.24, 2.45) is 5.92 Å². The Bertz CT molecular complexity index is 228. The van der Waals surface area contributed by atoms with Gasteiger partial charge in [0.05, 0.1) is 0 Å². The second kappa shape index (κ2) is 5.86. The molecule has 2 unspecified atom stereocenters. The van der Waals surface area contributed by atoms with Crippen molar-refractivity contribution in [1.82, 2.24) is 10.3 Å². The molecule has 0 aliphatic rings. The fraction of sp³-hybridized carbons (Fsp3) is 0.667. The van der Waals surface area contributed by atoms with Crippen molar-refractivity contribution in [2.75, 3.05) is 0 Å². The molecule has 0 saturated carbocycles. The Balaban J connectivity index is 2.18. The Morgan fingerprint density at radius 1 is 1.43 bits per heavy atom. The topological polar surface area (TPSA) is 27.8 Å². The highest BCUT2D eigenvalue weighted by molar-refractivity contribution is 5.07. The zero-order valence-electron chi connectivity index (χ0n) is 9.51. The summed E-state index contributed by atoms with van der Waals surface area (Å²) in [4.78, 5) is 3.07. The minimum atomic E-state index is 0.611. The molecule has 0 spiro atoms. The summed E-state index contributed by atoms with van der Waals surface area (Å²) in [5.74, 6) is 0.823. The quantitative estimate of drug-likeness (QED) is 0.716. The van der Waals surface area contributed by atoms with Gasteiger partial charge in [-0.1, -0.05) is 20.3 Å². The van der Waals surface area contributed by atoms with Crippen LogP contribution in [0.25, 0.3) is 0 Å². The van der Waals surface area contributed by atoms with E-state index < -0.39 is 0 Å². The molecule has 0 amide bonds. The van der Waals surface area contributed by atoms with Gasteiger partial charge in [-0.2, -0.15) is 0 Å². The number of aromatic amines is 1. The van der Waals surface area contributed by atoms with E-state index in [0.717, 1.165) is 12.5 Å². The molecule has 2 N–H and O–H groups in total. The largest absolute Gasteiger partial charge is 0.367 e. The summed E-state index contributed by atoms with van der Waals surface area (Å²) in [5.41, 5.74) is 1.33. The van der Waals surface area contributed by atoms with Gasteiger partial charge in [0.1, 0.15) is 0 Å². The van der Waals surface area contributed by atoms with Crippen LogP contribution in [0, 0.1) is 5.92 Å². The molecule has 0 radical (unpaired) electrons. The third-order valence-electron chi connectivity index (χ3n) is 2.77. The van der Waals surface area contributed by atoms with Gasteiger partial charge in [-0.25, -0.2) is 0 Å². The average Bonchev–Trinajstić information content (AvgIpc) is 2.67. The van der Waals surface area contributed by atoms with Crippen molar-refractivity contribution >= 4 is 0 Å². The van der Waals surface area contributed by atoms with Gasteiger partial charge in [0, 0.05) is 25.0 Å². The van der Waals surface area contributed by atoms with Gasteiger partial charge in [-0.3, -0.25) is 0 Å². The SMILES string of the molecule is CCC(C)CC(C)NCc1cc[nH]c1. The van der Waals surface area contributed by atoms with Crippen LogP contribution < -0.4 is 5.32 Å². The molecule has 0 aliphatic carbocycles. The lowest BCUT2D eigenvalue weighted by atomic mass is 10.0. The summed E-state index contributed by atoms with van der Waals surface area (Å²) in [7, 11) is 0. The van der Waals surface area contributed by atoms with Crippen molar-refractivity contribution in [3.63, 3.8) is 0 Å². The molecule has 0 fully saturated rings. The molecule has 1 aromatic heterocycles. The summed E-state index contributed by atoms with van der Waals surface area (Å²) in [6, 6.07) is 2.73. The standard InChI is InChI=1S/C12H22N2/c1-4-10(2)7-11(3)14-9-12-5-6-13-8-12/h5-6,8,10-11,13-14H,4,7,9H2,1-3H3. The molecule has 80 valence electrons. The monoisotopic (exact) mass is 194 g/mol. The summed E-state index contributed by atoms with van der Waals surface area (Å²) in [5, 5.41) is 3.53. The molecule has 2 atom stereocenters. The first-order valence-electron chi connectivity index (χ1n) is 5.57. The van der Waals surface area contributed by atoms with Gasteiger partial charge in [0.2, 0.25) is 0 Å². The fourth-order valence-corrected chi connectivity index (χ4v) is 1.61. The van der Waals surface area contributed by atoms with Crippen LogP contribution in [0.15, 0.2) is 18.5 Å². The van der Waals surface area contributed by atoms with Gasteiger partial charge in [-0.15, -0.1) is 0 Å². The van der Waals surface area contributed by atoms with Gasteiger partial charge >= 0.3 is 0 Å². The maximum absolute atomic E-state index is 3.53. The summed E-state index contributed by atoms with van der Waals surface area (Å²) >= 11 is 0. The second-order valence-electron chi connectivity index (χ2n) is 4.25. The molecule has 0 aliphatic heterocycles. The lowest BCUT2D eigenvalue weighted by molar-refractivity contribution is 0.412. The van der Waals surface area contributed by atoms with E-state index in [1.807, 2.05) is 12.4 Å². The van der Waals surface area contributed by atoms with Crippen molar-refractivity contribution in [3.05, 3.63) is 24.0 Å². The molecule has 1 aromatic rings. The number of aromatic nitrogens is 1. The third-order valence-corrected chi connectivity index (χ3v) is 2.77. The van der Waals surface area contributed by atoms with Crippen LogP contribution in [-0.4, -0.2) is 11.0 Å². The van der Waals surface area contributed by atoms with E-state index in [9.17, 15) is 0 Å². The highest BCUT2D eigenvalue weighted by atomic mass is 14.9. The van der Waals surface area contributed by atoms with Gasteiger partial charge < -0.3 is 10.3 Å². The average molecular weight is 194 g/mol. The van der Waals surface area contributed by atoms with Crippen molar-refractivity contribution in [2.45, 2.75) is 46.2 Å². The van der Waals surface area contributed by atoms with Gasteiger partial charge in [-0.05, 0) is 30.9 Å². The van der Waals surface area contributed by atoms with E-state index in [2.05, 4.69) is 37.1 Å². The normalized spacial score (nSPS) is 15.4. The minimum absolute atomic E-state index is 0.611. The molecule has 2 nitrogen and oxygen atoms in total. The van der Waals surface area contributed by atoms with E-state index >= 15 is 0 Å². The smallest absolute Gasteiger partial charge is 0.0222 e. The summed E-state index contributed by atoms with van der Waals surface area (Å²) < 4.78 is 0. The molecule has 0 saturated heterocycles. The number of rotatable bonds is 6. The first-order chi connectivity index (χ1) is 6.72. The molecule has 1 heterocycles. The van der Waals surface area contributed by atoms with Gasteiger partial charge in [0.25, 0.3) is 0 Å². The van der Waals surface area contributed by atoms with E-state index in [4.69, 9.17) is 0 Å². The molecule has 0 aromatic carbocycles. The van der Waals surface area contributed by atoms with Crippen LogP contribution in [0.2, 0.25) is 0 Å². The fourth-order valence-electron chi connectivity index (χ4n) is 1.61. The van der Waals surface area contributed by atoms with E-state index in [1.54, 1.807) is 0 Å². The van der Waals surface area contributed by atoms with Crippen LogP contribution in [-0.2, 0) is 6.54 Å². The predicted octanol–water partition coefficient (Wildman–Crippen LogP) is 2.93. The third kappa shape index (κ3) is 3.97. The number of hydrogen-bond acceptors (Lipinski definition) is 1. The van der Waals surface area contributed by atoms with Crippen LogP contribution in [0.3, 0.4) is 0 Å². The van der Waals surface area contributed by atoms with E-state index in [1.165, 1.54) is 18.4 Å². The Hall–Kier alpha value is -0.760. The van der Waals surface area contributed by atoms with Crippen molar-refractivity contribution < 1.29 is 0 Å². The summed E-state index contributed by atoms with van der Waals surface area (Å²) in [6.45, 7) is 7.80. The highest BCUT2D eigenvalue weighted by Crippen LogP contribution is 2.09. The Morgan fingerprint density at radius 2 is 2.21 bits per heavy atom. The minimum Gasteiger partial charge on any atom is -0.367 e. The maximum atomic E-state index is 3.53. The molecule has 14 heavy (non-hydrogen) atoms. The second-order valence-corrected chi connectivity index (χ2v) is 4.25. The lowest BCUT2D eigenvalue weighted by Gasteiger charge is -2.17. The number of hydrogen-bond donors (Lipinski definition) is 2. The Kier molecular flexibility index (Phi) is 4.74. The van der Waals surface area contributed by atoms with Crippen LogP contribution in [0.5, 0.6) is 0 Å². The summed E-state index contributed by atoms with van der Waals surface area (Å²) in [6.07, 6.45) is 6.55. The zero-order chi connectivity index (χ0) is 10.4. The molecule has 1 rings (SSSR count). The van der Waals surface area contributed by atoms with E-state index in [0.29, 0.717) is 6.04 Å². The molecular formula is C12H22N2. The first-order valence-corrected chi connectivity index (χ1v) is 5.57. The van der Waals surface area contributed by atoms with Gasteiger partial charge in [0.15, 0.2) is 0 Å². The van der Waals surface area contributed by atoms with Crippen LogP contribution >= 0.6 is 0 Å². The van der Waals surface area contributed by atoms with E-state index in [-0.39, 0.29) is 0 Å².